The number of carbonyl (C=O) groups excluding carboxylic acids is 3. The summed E-state index contributed by atoms with van der Waals surface area (Å²) in [6.45, 7) is 6.88. The maximum Gasteiger partial charge on any atom is 0.163 e. The predicted octanol–water partition coefficient (Wildman–Crippen LogP) is 1.93. The molecule has 1 saturated heterocycles. The molecule has 21 heavy (non-hydrogen) atoms. The summed E-state index contributed by atoms with van der Waals surface area (Å²) in [4.78, 5) is 36.8. The molecule has 1 fully saturated rings. The molecule has 0 bridgehead atoms. The lowest BCUT2D eigenvalue weighted by molar-refractivity contribution is -0.129. The van der Waals surface area contributed by atoms with E-state index in [9.17, 15) is 14.4 Å². The van der Waals surface area contributed by atoms with Crippen LogP contribution in [-0.2, 0) is 14.4 Å². The van der Waals surface area contributed by atoms with Crippen LogP contribution in [0.2, 0.25) is 0 Å². The van der Waals surface area contributed by atoms with E-state index in [-0.39, 0.29) is 41.0 Å². The van der Waals surface area contributed by atoms with E-state index in [1.54, 1.807) is 0 Å². The largest absolute Gasteiger partial charge is 0.315 e. The first kappa shape index (κ1) is 16.1. The Bertz CT molecular complexity index is 480. The van der Waals surface area contributed by atoms with E-state index < -0.39 is 0 Å². The SMILES string of the molecule is CCC(=O)CC1CC(=O)C2CNCC2C(=O)C(C)=CC1C. The Balaban J connectivity index is 2.28. The minimum Gasteiger partial charge on any atom is -0.315 e. The number of hydrogen-bond donors (Lipinski definition) is 1. The van der Waals surface area contributed by atoms with Gasteiger partial charge in [-0.05, 0) is 24.3 Å². The van der Waals surface area contributed by atoms with Crippen molar-refractivity contribution in [1.82, 2.24) is 5.32 Å². The van der Waals surface area contributed by atoms with E-state index in [0.717, 1.165) is 5.57 Å². The summed E-state index contributed by atoms with van der Waals surface area (Å²) < 4.78 is 0. The van der Waals surface area contributed by atoms with Gasteiger partial charge in [-0.15, -0.1) is 0 Å². The minimum absolute atomic E-state index is 0.0204. The fourth-order valence-corrected chi connectivity index (χ4v) is 3.49. The molecule has 0 aromatic rings. The maximum atomic E-state index is 12.6. The molecular weight excluding hydrogens is 266 g/mol. The summed E-state index contributed by atoms with van der Waals surface area (Å²) in [5, 5.41) is 3.16. The summed E-state index contributed by atoms with van der Waals surface area (Å²) in [5.41, 5.74) is 0.741. The molecule has 0 spiro atoms. The number of ketones is 3. The van der Waals surface area contributed by atoms with Crippen molar-refractivity contribution < 1.29 is 14.4 Å². The van der Waals surface area contributed by atoms with E-state index in [2.05, 4.69) is 5.32 Å². The van der Waals surface area contributed by atoms with Crippen molar-refractivity contribution in [3.63, 3.8) is 0 Å². The van der Waals surface area contributed by atoms with E-state index in [4.69, 9.17) is 0 Å². The Morgan fingerprint density at radius 2 is 1.95 bits per heavy atom. The zero-order valence-electron chi connectivity index (χ0n) is 13.1. The molecule has 2 aliphatic rings. The van der Waals surface area contributed by atoms with Gasteiger partial charge in [-0.25, -0.2) is 0 Å². The molecule has 4 unspecified atom stereocenters. The van der Waals surface area contributed by atoms with Crippen LogP contribution in [0.1, 0.15) is 40.0 Å². The molecular formula is C17H25NO3. The highest BCUT2D eigenvalue weighted by molar-refractivity contribution is 6.00. The Hall–Kier alpha value is -1.29. The van der Waals surface area contributed by atoms with Crippen LogP contribution in [0.5, 0.6) is 0 Å². The maximum absolute atomic E-state index is 12.6. The van der Waals surface area contributed by atoms with Crippen LogP contribution in [0.3, 0.4) is 0 Å². The van der Waals surface area contributed by atoms with Crippen molar-refractivity contribution in [1.29, 1.82) is 0 Å². The first-order valence-electron chi connectivity index (χ1n) is 7.91. The lowest BCUT2D eigenvalue weighted by Crippen LogP contribution is -2.30. The highest BCUT2D eigenvalue weighted by atomic mass is 16.1. The average molecular weight is 291 g/mol. The average Bonchev–Trinajstić information content (AvgIpc) is 2.94. The number of rotatable bonds is 3. The quantitative estimate of drug-likeness (QED) is 0.863. The topological polar surface area (TPSA) is 63.2 Å². The molecule has 1 aliphatic carbocycles. The minimum atomic E-state index is -0.221. The predicted molar refractivity (Wildman–Crippen MR) is 80.8 cm³/mol. The zero-order valence-corrected chi connectivity index (χ0v) is 13.1. The van der Waals surface area contributed by atoms with Crippen LogP contribution in [0.4, 0.5) is 0 Å². The van der Waals surface area contributed by atoms with E-state index in [1.165, 1.54) is 0 Å². The van der Waals surface area contributed by atoms with Crippen molar-refractivity contribution in [3.8, 4) is 0 Å². The summed E-state index contributed by atoms with van der Waals surface area (Å²) in [5.74, 6) is 0.0893. The second kappa shape index (κ2) is 6.65. The highest BCUT2D eigenvalue weighted by Gasteiger charge is 2.40. The third kappa shape index (κ3) is 3.49. The van der Waals surface area contributed by atoms with Gasteiger partial charge in [-0.3, -0.25) is 14.4 Å². The first-order chi connectivity index (χ1) is 9.93. The smallest absolute Gasteiger partial charge is 0.163 e. The van der Waals surface area contributed by atoms with Crippen molar-refractivity contribution in [2.24, 2.45) is 23.7 Å². The Kier molecular flexibility index (Phi) is 5.09. The molecule has 0 radical (unpaired) electrons. The molecule has 1 heterocycles. The van der Waals surface area contributed by atoms with Gasteiger partial charge in [0.25, 0.3) is 0 Å². The zero-order chi connectivity index (χ0) is 15.6. The van der Waals surface area contributed by atoms with Gasteiger partial charge in [0.15, 0.2) is 5.78 Å². The highest BCUT2D eigenvalue weighted by Crippen LogP contribution is 2.32. The fraction of sp³-hybridized carbons (Fsp3) is 0.706. The third-order valence-corrected chi connectivity index (χ3v) is 4.96. The molecule has 4 atom stereocenters. The monoisotopic (exact) mass is 291 g/mol. The second-order valence-electron chi connectivity index (χ2n) is 6.47. The number of allylic oxidation sites excluding steroid dienone is 2. The third-order valence-electron chi connectivity index (χ3n) is 4.96. The van der Waals surface area contributed by atoms with Gasteiger partial charge >= 0.3 is 0 Å². The standard InChI is InChI=1S/C17H25NO3/c1-4-13(19)6-12-7-16(20)14-8-18-9-15(14)17(21)11(3)5-10(12)2/h5,10,12,14-15,18H,4,6-9H2,1-3H3. The van der Waals surface area contributed by atoms with Crippen molar-refractivity contribution in [3.05, 3.63) is 11.6 Å². The van der Waals surface area contributed by atoms with Crippen LogP contribution in [-0.4, -0.2) is 30.4 Å². The van der Waals surface area contributed by atoms with Crippen LogP contribution in [0.25, 0.3) is 0 Å². The normalized spacial score (nSPS) is 33.8. The second-order valence-corrected chi connectivity index (χ2v) is 6.47. The summed E-state index contributed by atoms with van der Waals surface area (Å²) in [7, 11) is 0. The van der Waals surface area contributed by atoms with Crippen LogP contribution >= 0.6 is 0 Å². The Labute approximate surface area is 126 Å². The lowest BCUT2D eigenvalue weighted by atomic mass is 9.81. The number of hydrogen-bond acceptors (Lipinski definition) is 4. The van der Waals surface area contributed by atoms with Crippen LogP contribution in [0.15, 0.2) is 11.6 Å². The molecule has 0 aromatic heterocycles. The molecule has 2 rings (SSSR count). The summed E-state index contributed by atoms with van der Waals surface area (Å²) >= 11 is 0. The van der Waals surface area contributed by atoms with Crippen LogP contribution < -0.4 is 5.32 Å². The summed E-state index contributed by atoms with van der Waals surface area (Å²) in [6, 6.07) is 0. The Morgan fingerprint density at radius 1 is 1.29 bits per heavy atom. The van der Waals surface area contributed by atoms with Crippen molar-refractivity contribution in [2.75, 3.05) is 13.1 Å². The number of carbonyl (C=O) groups is 3. The van der Waals surface area contributed by atoms with Gasteiger partial charge in [-0.1, -0.05) is 19.9 Å². The van der Waals surface area contributed by atoms with Gasteiger partial charge < -0.3 is 5.32 Å². The lowest BCUT2D eigenvalue weighted by Gasteiger charge is -2.21. The molecule has 4 nitrogen and oxygen atoms in total. The molecule has 0 saturated carbocycles. The number of Topliss-reactive ketones (excluding diaryl/α,β-unsaturated/α-hetero) is 3. The molecule has 1 aliphatic heterocycles. The van der Waals surface area contributed by atoms with Gasteiger partial charge in [0.2, 0.25) is 0 Å². The fourth-order valence-electron chi connectivity index (χ4n) is 3.49. The van der Waals surface area contributed by atoms with Gasteiger partial charge in [-0.2, -0.15) is 0 Å². The van der Waals surface area contributed by atoms with Crippen molar-refractivity contribution >= 4 is 17.3 Å². The van der Waals surface area contributed by atoms with E-state index >= 15 is 0 Å². The van der Waals surface area contributed by atoms with E-state index in [1.807, 2.05) is 26.8 Å². The summed E-state index contributed by atoms with van der Waals surface area (Å²) in [6.07, 6.45) is 3.32. The molecule has 4 heteroatoms. The van der Waals surface area contributed by atoms with E-state index in [0.29, 0.717) is 32.4 Å². The molecule has 116 valence electrons. The first-order valence-corrected chi connectivity index (χ1v) is 7.91. The number of nitrogens with one attached hydrogen (secondary N) is 1. The van der Waals surface area contributed by atoms with Crippen LogP contribution in [0, 0.1) is 23.7 Å². The molecule has 0 amide bonds. The van der Waals surface area contributed by atoms with Gasteiger partial charge in [0.05, 0.1) is 0 Å². The van der Waals surface area contributed by atoms with Gasteiger partial charge in [0, 0.05) is 44.2 Å². The number of fused-ring (bicyclic) bond motifs is 1. The van der Waals surface area contributed by atoms with Crippen molar-refractivity contribution in [2.45, 2.75) is 40.0 Å². The molecule has 0 aromatic carbocycles. The Morgan fingerprint density at radius 3 is 2.62 bits per heavy atom. The molecule has 1 N–H and O–H groups in total. The van der Waals surface area contributed by atoms with Gasteiger partial charge in [0.1, 0.15) is 11.6 Å².